The molecule has 32 heavy (non-hydrogen) atoms. The number of carbonyl (C=O) groups is 1. The molecule has 1 aliphatic rings. The summed E-state index contributed by atoms with van der Waals surface area (Å²) >= 11 is 0. The molecule has 0 saturated heterocycles. The Balaban J connectivity index is 1.54. The molecule has 4 aromatic rings. The maximum atomic E-state index is 13.7. The second-order valence-corrected chi connectivity index (χ2v) is 8.21. The number of imidazole rings is 1. The molecule has 0 saturated carbocycles. The molecule has 3 aromatic carbocycles. The normalized spacial score (nSPS) is 15.7. The van der Waals surface area contributed by atoms with Gasteiger partial charge >= 0.3 is 6.03 Å². The Bertz CT molecular complexity index is 1190. The van der Waals surface area contributed by atoms with E-state index in [1.807, 2.05) is 70.7 Å². The first kappa shape index (κ1) is 20.1. The lowest BCUT2D eigenvalue weighted by molar-refractivity contribution is 0.173. The molecule has 5 rings (SSSR count). The van der Waals surface area contributed by atoms with Gasteiger partial charge in [0.25, 0.3) is 0 Å². The van der Waals surface area contributed by atoms with Crippen molar-refractivity contribution in [1.29, 1.82) is 0 Å². The highest BCUT2D eigenvalue weighted by Crippen LogP contribution is 2.37. The fourth-order valence-electron chi connectivity index (χ4n) is 4.37. The van der Waals surface area contributed by atoms with Crippen LogP contribution in [-0.2, 0) is 19.6 Å². The summed E-state index contributed by atoms with van der Waals surface area (Å²) in [6.45, 7) is 3.87. The lowest BCUT2D eigenvalue weighted by Crippen LogP contribution is -2.48. The number of aromatic nitrogens is 2. The Hall–Kier alpha value is -3.86. The van der Waals surface area contributed by atoms with Gasteiger partial charge in [-0.25, -0.2) is 9.78 Å². The van der Waals surface area contributed by atoms with E-state index in [1.54, 1.807) is 0 Å². The Morgan fingerprint density at radius 1 is 0.719 bits per heavy atom. The van der Waals surface area contributed by atoms with Crippen molar-refractivity contribution in [1.82, 2.24) is 14.5 Å². The van der Waals surface area contributed by atoms with Crippen LogP contribution in [0.1, 0.15) is 35.3 Å². The summed E-state index contributed by atoms with van der Waals surface area (Å²) in [7, 11) is 0. The van der Waals surface area contributed by atoms with Gasteiger partial charge in [-0.3, -0.25) is 4.90 Å². The predicted octanol–water partition coefficient (Wildman–Crippen LogP) is 5.63. The fraction of sp³-hybridized carbons (Fsp3) is 0.185. The van der Waals surface area contributed by atoms with E-state index in [0.29, 0.717) is 13.1 Å². The zero-order chi connectivity index (χ0) is 21.9. The third kappa shape index (κ3) is 3.89. The van der Waals surface area contributed by atoms with Gasteiger partial charge in [0.15, 0.2) is 5.82 Å². The van der Waals surface area contributed by atoms with Crippen LogP contribution >= 0.6 is 0 Å². The molecule has 1 aliphatic heterocycles. The molecule has 1 atom stereocenters. The highest BCUT2D eigenvalue weighted by molar-refractivity contribution is 5.94. The van der Waals surface area contributed by atoms with Crippen LogP contribution in [0.25, 0.3) is 0 Å². The van der Waals surface area contributed by atoms with E-state index in [0.717, 1.165) is 29.2 Å². The standard InChI is InChI=1S/C27H26N4O/c1-21-25-26(28-20-29(25)17-22-11-5-2-6-12-22)31(19-24-15-9-4-10-16-24)27(32)30(21)18-23-13-7-3-8-14-23/h2-16,20-21H,17-19H2,1H3. The Kier molecular flexibility index (Phi) is 5.46. The molecule has 5 heteroatoms. The van der Waals surface area contributed by atoms with E-state index in [1.165, 1.54) is 5.56 Å². The van der Waals surface area contributed by atoms with Crippen LogP contribution in [0.2, 0.25) is 0 Å². The Morgan fingerprint density at radius 2 is 1.22 bits per heavy atom. The third-order valence-electron chi connectivity index (χ3n) is 6.03. The minimum absolute atomic E-state index is 0.0114. The summed E-state index contributed by atoms with van der Waals surface area (Å²) in [5.41, 5.74) is 4.48. The second-order valence-electron chi connectivity index (χ2n) is 8.21. The number of carbonyl (C=O) groups excluding carboxylic acids is 1. The van der Waals surface area contributed by atoms with Crippen LogP contribution < -0.4 is 4.90 Å². The highest BCUT2D eigenvalue weighted by atomic mass is 16.2. The van der Waals surface area contributed by atoms with Gasteiger partial charge in [0.2, 0.25) is 0 Å². The van der Waals surface area contributed by atoms with Gasteiger partial charge in [0, 0.05) is 13.1 Å². The summed E-state index contributed by atoms with van der Waals surface area (Å²) < 4.78 is 2.18. The topological polar surface area (TPSA) is 41.4 Å². The van der Waals surface area contributed by atoms with Crippen molar-refractivity contribution in [3.8, 4) is 0 Å². The van der Waals surface area contributed by atoms with Crippen molar-refractivity contribution in [2.24, 2.45) is 0 Å². The van der Waals surface area contributed by atoms with Gasteiger partial charge in [0.05, 0.1) is 24.6 Å². The maximum absolute atomic E-state index is 13.7. The number of nitrogens with zero attached hydrogens (tertiary/aromatic N) is 4. The smallest absolute Gasteiger partial charge is 0.326 e. The van der Waals surface area contributed by atoms with E-state index in [-0.39, 0.29) is 12.1 Å². The number of benzene rings is 3. The van der Waals surface area contributed by atoms with Gasteiger partial charge in [-0.15, -0.1) is 0 Å². The first-order chi connectivity index (χ1) is 15.7. The van der Waals surface area contributed by atoms with E-state index < -0.39 is 0 Å². The molecule has 0 aliphatic carbocycles. The number of hydrogen-bond acceptors (Lipinski definition) is 2. The zero-order valence-electron chi connectivity index (χ0n) is 18.1. The molecule has 0 fully saturated rings. The van der Waals surface area contributed by atoms with E-state index in [4.69, 9.17) is 4.98 Å². The van der Waals surface area contributed by atoms with Crippen molar-refractivity contribution in [2.75, 3.05) is 4.90 Å². The molecule has 160 valence electrons. The molecule has 5 nitrogen and oxygen atoms in total. The number of amides is 2. The number of fused-ring (bicyclic) bond motifs is 1. The average molecular weight is 423 g/mol. The quantitative estimate of drug-likeness (QED) is 0.404. The Labute approximate surface area is 188 Å². The molecular weight excluding hydrogens is 396 g/mol. The van der Waals surface area contributed by atoms with Gasteiger partial charge in [-0.1, -0.05) is 91.0 Å². The number of urea groups is 1. The third-order valence-corrected chi connectivity index (χ3v) is 6.03. The molecule has 2 amide bonds. The van der Waals surface area contributed by atoms with Gasteiger partial charge in [-0.05, 0) is 23.6 Å². The van der Waals surface area contributed by atoms with Crippen molar-refractivity contribution in [3.63, 3.8) is 0 Å². The van der Waals surface area contributed by atoms with Crippen molar-refractivity contribution >= 4 is 11.8 Å². The van der Waals surface area contributed by atoms with Crippen molar-refractivity contribution in [3.05, 3.63) is 120 Å². The number of anilines is 1. The summed E-state index contributed by atoms with van der Waals surface area (Å²) in [4.78, 5) is 22.2. The maximum Gasteiger partial charge on any atom is 0.326 e. The molecule has 1 unspecified atom stereocenters. The molecule has 0 bridgehead atoms. The van der Waals surface area contributed by atoms with Crippen LogP contribution in [0.5, 0.6) is 0 Å². The zero-order valence-corrected chi connectivity index (χ0v) is 18.1. The first-order valence-corrected chi connectivity index (χ1v) is 11.0. The van der Waals surface area contributed by atoms with E-state index in [9.17, 15) is 4.79 Å². The van der Waals surface area contributed by atoms with E-state index in [2.05, 4.69) is 47.9 Å². The summed E-state index contributed by atoms with van der Waals surface area (Å²) in [5, 5.41) is 0. The second kappa shape index (κ2) is 8.71. The Morgan fingerprint density at radius 3 is 1.78 bits per heavy atom. The molecule has 0 radical (unpaired) electrons. The molecule has 0 N–H and O–H groups in total. The first-order valence-electron chi connectivity index (χ1n) is 11.0. The molecule has 2 heterocycles. The van der Waals surface area contributed by atoms with Crippen LogP contribution in [-0.4, -0.2) is 20.5 Å². The largest absolute Gasteiger partial charge is 0.326 e. The summed E-state index contributed by atoms with van der Waals surface area (Å²) in [6.07, 6.45) is 1.87. The minimum Gasteiger partial charge on any atom is -0.326 e. The summed E-state index contributed by atoms with van der Waals surface area (Å²) in [6, 6.07) is 30.5. The van der Waals surface area contributed by atoms with Crippen LogP contribution in [0.4, 0.5) is 10.6 Å². The van der Waals surface area contributed by atoms with Crippen molar-refractivity contribution in [2.45, 2.75) is 32.6 Å². The minimum atomic E-state index is -0.0871. The SMILES string of the molecule is CC1c2c(ncn2Cc2ccccc2)N(Cc2ccccc2)C(=O)N1Cc1ccccc1. The predicted molar refractivity (Wildman–Crippen MR) is 126 cm³/mol. The van der Waals surface area contributed by atoms with Gasteiger partial charge < -0.3 is 9.47 Å². The van der Waals surface area contributed by atoms with Crippen LogP contribution in [0.15, 0.2) is 97.3 Å². The van der Waals surface area contributed by atoms with E-state index >= 15 is 0 Å². The number of hydrogen-bond donors (Lipinski definition) is 0. The monoisotopic (exact) mass is 422 g/mol. The van der Waals surface area contributed by atoms with Crippen LogP contribution in [0.3, 0.4) is 0 Å². The molecule has 1 aromatic heterocycles. The summed E-state index contributed by atoms with van der Waals surface area (Å²) in [5.74, 6) is 0.756. The van der Waals surface area contributed by atoms with Crippen molar-refractivity contribution < 1.29 is 4.79 Å². The lowest BCUT2D eigenvalue weighted by Gasteiger charge is -2.40. The van der Waals surface area contributed by atoms with Crippen LogP contribution in [0, 0.1) is 0 Å². The highest BCUT2D eigenvalue weighted by Gasteiger charge is 2.38. The van der Waals surface area contributed by atoms with Gasteiger partial charge in [0.1, 0.15) is 0 Å². The average Bonchev–Trinajstić information content (AvgIpc) is 3.25. The number of rotatable bonds is 6. The molecule has 0 spiro atoms. The van der Waals surface area contributed by atoms with Gasteiger partial charge in [-0.2, -0.15) is 0 Å². The molecular formula is C27H26N4O. The lowest BCUT2D eigenvalue weighted by atomic mass is 10.1. The fourth-order valence-corrected chi connectivity index (χ4v) is 4.37.